The zero-order valence-electron chi connectivity index (χ0n) is 14.3. The molecule has 2 rings (SSSR count). The van der Waals surface area contributed by atoms with Crippen LogP contribution in [0.2, 0.25) is 0 Å². The first-order chi connectivity index (χ1) is 10.9. The number of piperidine rings is 1. The van der Waals surface area contributed by atoms with Crippen LogP contribution in [0.3, 0.4) is 0 Å². The molecule has 0 radical (unpaired) electrons. The molecular formula is C19H27NO3. The zero-order chi connectivity index (χ0) is 17.0. The molecule has 2 atom stereocenters. The number of benzene rings is 1. The predicted octanol–water partition coefficient (Wildman–Crippen LogP) is 3.31. The third-order valence-electron chi connectivity index (χ3n) is 4.85. The monoisotopic (exact) mass is 317 g/mol. The van der Waals surface area contributed by atoms with Crippen LogP contribution >= 0.6 is 0 Å². The first kappa shape index (κ1) is 17.5. The molecule has 1 aliphatic rings. The molecule has 1 saturated heterocycles. The van der Waals surface area contributed by atoms with Gasteiger partial charge in [0, 0.05) is 19.5 Å². The normalized spacial score (nSPS) is 21.5. The van der Waals surface area contributed by atoms with Gasteiger partial charge < -0.3 is 10.0 Å². The van der Waals surface area contributed by atoms with Crippen molar-refractivity contribution >= 4 is 11.9 Å². The van der Waals surface area contributed by atoms with E-state index in [0.717, 1.165) is 6.42 Å². The second kappa shape index (κ2) is 7.62. The molecule has 1 aromatic carbocycles. The van der Waals surface area contributed by atoms with Crippen molar-refractivity contribution in [3.05, 3.63) is 35.4 Å². The molecule has 0 saturated carbocycles. The van der Waals surface area contributed by atoms with E-state index in [1.807, 2.05) is 11.8 Å². The summed E-state index contributed by atoms with van der Waals surface area (Å²) in [7, 11) is 0. The predicted molar refractivity (Wildman–Crippen MR) is 90.3 cm³/mol. The van der Waals surface area contributed by atoms with Gasteiger partial charge in [-0.1, -0.05) is 45.0 Å². The number of rotatable bonds is 5. The summed E-state index contributed by atoms with van der Waals surface area (Å²) in [5.41, 5.74) is 2.49. The van der Waals surface area contributed by atoms with Crippen molar-refractivity contribution in [2.45, 2.75) is 46.0 Å². The minimum Gasteiger partial charge on any atom is -0.481 e. The van der Waals surface area contributed by atoms with E-state index in [9.17, 15) is 9.59 Å². The number of amides is 1. The van der Waals surface area contributed by atoms with E-state index in [4.69, 9.17) is 5.11 Å². The Hall–Kier alpha value is -1.84. The van der Waals surface area contributed by atoms with Crippen molar-refractivity contribution in [1.82, 2.24) is 4.90 Å². The van der Waals surface area contributed by atoms with Crippen LogP contribution < -0.4 is 0 Å². The number of aliphatic carboxylic acids is 1. The molecule has 23 heavy (non-hydrogen) atoms. The maximum absolute atomic E-state index is 12.3. The van der Waals surface area contributed by atoms with Gasteiger partial charge in [-0.15, -0.1) is 0 Å². The van der Waals surface area contributed by atoms with Gasteiger partial charge in [0.25, 0.3) is 0 Å². The Bertz CT molecular complexity index is 550. The van der Waals surface area contributed by atoms with Crippen LogP contribution in [-0.4, -0.2) is 35.0 Å². The summed E-state index contributed by atoms with van der Waals surface area (Å²) in [4.78, 5) is 25.3. The maximum Gasteiger partial charge on any atom is 0.306 e. The van der Waals surface area contributed by atoms with Crippen LogP contribution in [-0.2, 0) is 16.0 Å². The molecule has 0 aliphatic carbocycles. The fourth-order valence-corrected chi connectivity index (χ4v) is 3.22. The third kappa shape index (κ3) is 4.57. The molecule has 0 bridgehead atoms. The van der Waals surface area contributed by atoms with Crippen molar-refractivity contribution < 1.29 is 14.7 Å². The van der Waals surface area contributed by atoms with Gasteiger partial charge in [-0.05, 0) is 35.8 Å². The third-order valence-corrected chi connectivity index (χ3v) is 4.85. The maximum atomic E-state index is 12.3. The lowest BCUT2D eigenvalue weighted by Gasteiger charge is -2.35. The summed E-state index contributed by atoms with van der Waals surface area (Å²) in [5.74, 6) is -0.385. The van der Waals surface area contributed by atoms with Crippen LogP contribution in [0, 0.1) is 11.8 Å². The van der Waals surface area contributed by atoms with E-state index in [1.54, 1.807) is 0 Å². The Balaban J connectivity index is 1.84. The smallest absolute Gasteiger partial charge is 0.306 e. The minimum atomic E-state index is -0.741. The number of likely N-dealkylation sites (tertiary alicyclic amines) is 1. The van der Waals surface area contributed by atoms with Crippen molar-refractivity contribution in [3.63, 3.8) is 0 Å². The van der Waals surface area contributed by atoms with Crippen molar-refractivity contribution in [3.8, 4) is 0 Å². The van der Waals surface area contributed by atoms with E-state index < -0.39 is 5.97 Å². The fourth-order valence-electron chi connectivity index (χ4n) is 3.22. The number of carbonyl (C=O) groups excluding carboxylic acids is 1. The number of aryl methyl sites for hydroxylation is 1. The average molecular weight is 317 g/mol. The molecule has 4 nitrogen and oxygen atoms in total. The molecule has 0 aromatic heterocycles. The van der Waals surface area contributed by atoms with Crippen LogP contribution in [0.4, 0.5) is 0 Å². The summed E-state index contributed by atoms with van der Waals surface area (Å²) in [6, 6.07) is 8.46. The Labute approximate surface area is 138 Å². The number of hydrogen-bond acceptors (Lipinski definition) is 2. The van der Waals surface area contributed by atoms with Gasteiger partial charge in [-0.3, -0.25) is 9.59 Å². The highest BCUT2D eigenvalue weighted by atomic mass is 16.4. The highest BCUT2D eigenvalue weighted by Crippen LogP contribution is 2.24. The summed E-state index contributed by atoms with van der Waals surface area (Å²) in [6.07, 6.45) is 1.79. The average Bonchev–Trinajstić information content (AvgIpc) is 2.52. The lowest BCUT2D eigenvalue weighted by Crippen LogP contribution is -2.45. The quantitative estimate of drug-likeness (QED) is 0.906. The van der Waals surface area contributed by atoms with Crippen molar-refractivity contribution in [2.24, 2.45) is 11.8 Å². The van der Waals surface area contributed by atoms with E-state index >= 15 is 0 Å². The molecule has 1 amide bonds. The lowest BCUT2D eigenvalue weighted by molar-refractivity contribution is -0.148. The Morgan fingerprint density at radius 3 is 2.43 bits per heavy atom. The summed E-state index contributed by atoms with van der Waals surface area (Å²) in [6.45, 7) is 7.37. The Kier molecular flexibility index (Phi) is 5.80. The van der Waals surface area contributed by atoms with E-state index in [-0.39, 0.29) is 17.7 Å². The molecule has 1 fully saturated rings. The van der Waals surface area contributed by atoms with E-state index in [2.05, 4.69) is 38.1 Å². The number of nitrogens with zero attached hydrogens (tertiary/aromatic N) is 1. The van der Waals surface area contributed by atoms with Gasteiger partial charge in [0.15, 0.2) is 0 Å². The van der Waals surface area contributed by atoms with E-state index in [0.29, 0.717) is 31.8 Å². The number of carboxylic acid groups (broad SMARTS) is 1. The van der Waals surface area contributed by atoms with Gasteiger partial charge in [0.2, 0.25) is 5.91 Å². The van der Waals surface area contributed by atoms with Gasteiger partial charge in [-0.25, -0.2) is 0 Å². The first-order valence-electron chi connectivity index (χ1n) is 8.48. The number of carbonyl (C=O) groups is 2. The second-order valence-corrected chi connectivity index (χ2v) is 6.95. The standard InChI is InChI=1S/C19H27NO3/c1-13(2)16-7-4-15(5-8-16)6-9-18(21)20-11-10-17(19(22)23)14(3)12-20/h4-5,7-8,13-14,17H,6,9-12H2,1-3H3,(H,22,23). The Morgan fingerprint density at radius 1 is 1.26 bits per heavy atom. The molecule has 1 N–H and O–H groups in total. The second-order valence-electron chi connectivity index (χ2n) is 6.95. The number of carboxylic acids is 1. The first-order valence-corrected chi connectivity index (χ1v) is 8.48. The largest absolute Gasteiger partial charge is 0.481 e. The molecule has 2 unspecified atom stereocenters. The molecule has 4 heteroatoms. The molecule has 1 aliphatic heterocycles. The molecule has 0 spiro atoms. The topological polar surface area (TPSA) is 57.6 Å². The summed E-state index contributed by atoms with van der Waals surface area (Å²) < 4.78 is 0. The molecule has 1 aromatic rings. The van der Waals surface area contributed by atoms with E-state index in [1.165, 1.54) is 11.1 Å². The molecule has 126 valence electrons. The van der Waals surface area contributed by atoms with Gasteiger partial charge in [0.05, 0.1) is 5.92 Å². The fraction of sp³-hybridized carbons (Fsp3) is 0.579. The van der Waals surface area contributed by atoms with Gasteiger partial charge in [0.1, 0.15) is 0 Å². The van der Waals surface area contributed by atoms with Crippen LogP contribution in [0.25, 0.3) is 0 Å². The van der Waals surface area contributed by atoms with Gasteiger partial charge >= 0.3 is 5.97 Å². The van der Waals surface area contributed by atoms with Crippen LogP contribution in [0.5, 0.6) is 0 Å². The van der Waals surface area contributed by atoms with Gasteiger partial charge in [-0.2, -0.15) is 0 Å². The number of hydrogen-bond donors (Lipinski definition) is 1. The Morgan fingerprint density at radius 2 is 1.91 bits per heavy atom. The van der Waals surface area contributed by atoms with Crippen LogP contribution in [0.1, 0.15) is 50.7 Å². The molecular weight excluding hydrogens is 290 g/mol. The minimum absolute atomic E-state index is 0.0236. The lowest BCUT2D eigenvalue weighted by atomic mass is 9.87. The summed E-state index contributed by atoms with van der Waals surface area (Å²) in [5, 5.41) is 9.14. The van der Waals surface area contributed by atoms with Crippen LogP contribution in [0.15, 0.2) is 24.3 Å². The highest BCUT2D eigenvalue weighted by Gasteiger charge is 2.32. The van der Waals surface area contributed by atoms with Crippen molar-refractivity contribution in [2.75, 3.05) is 13.1 Å². The summed E-state index contributed by atoms with van der Waals surface area (Å²) >= 11 is 0. The SMILES string of the molecule is CC(C)c1ccc(CCC(=O)N2CCC(C(=O)O)C(C)C2)cc1. The molecule has 1 heterocycles. The highest BCUT2D eigenvalue weighted by molar-refractivity contribution is 5.77. The zero-order valence-corrected chi connectivity index (χ0v) is 14.3. The van der Waals surface area contributed by atoms with Crippen molar-refractivity contribution in [1.29, 1.82) is 0 Å².